The zero-order valence-corrected chi connectivity index (χ0v) is 15.1. The van der Waals surface area contributed by atoms with Gasteiger partial charge in [-0.25, -0.2) is 0 Å². The molecule has 0 saturated carbocycles. The first kappa shape index (κ1) is 16.2. The average Bonchev–Trinajstić information content (AvgIpc) is 2.70. The van der Waals surface area contributed by atoms with E-state index in [2.05, 4.69) is 84.8 Å². The van der Waals surface area contributed by atoms with Crippen molar-refractivity contribution in [2.75, 3.05) is 0 Å². The molecule has 0 spiro atoms. The van der Waals surface area contributed by atoms with Gasteiger partial charge in [-0.1, -0.05) is 65.3 Å². The molecule has 0 aliphatic rings. The van der Waals surface area contributed by atoms with Crippen molar-refractivity contribution in [1.29, 1.82) is 0 Å². The Hall–Kier alpha value is -3.26. The van der Waals surface area contributed by atoms with E-state index in [1.54, 1.807) is 0 Å². The molecule has 3 aromatic carbocycles. The smallest absolute Gasteiger partial charge is 0.0865 e. The number of nitrogens with zero attached hydrogens (tertiary/aromatic N) is 2. The van der Waals surface area contributed by atoms with Crippen LogP contribution >= 0.6 is 0 Å². The van der Waals surface area contributed by atoms with Crippen LogP contribution in [-0.4, -0.2) is 5.10 Å². The number of aryl methyl sites for hydroxylation is 2. The van der Waals surface area contributed by atoms with Gasteiger partial charge in [0.1, 0.15) is 0 Å². The molecule has 0 atom stereocenters. The number of rotatable bonds is 3. The van der Waals surface area contributed by atoms with E-state index < -0.39 is 0 Å². The third-order valence-corrected chi connectivity index (χ3v) is 4.75. The van der Waals surface area contributed by atoms with E-state index in [0.717, 1.165) is 5.69 Å². The predicted molar refractivity (Wildman–Crippen MR) is 106 cm³/mol. The van der Waals surface area contributed by atoms with Gasteiger partial charge in [0.25, 0.3) is 0 Å². The third kappa shape index (κ3) is 3.14. The maximum atomic E-state index is 4.37. The maximum Gasteiger partial charge on any atom is 0.239 e. The molecule has 2 heteroatoms. The summed E-state index contributed by atoms with van der Waals surface area (Å²) < 4.78 is 1.92. The van der Waals surface area contributed by atoms with Gasteiger partial charge < -0.3 is 0 Å². The van der Waals surface area contributed by atoms with Crippen LogP contribution in [0.1, 0.15) is 5.56 Å². The van der Waals surface area contributed by atoms with E-state index >= 15 is 0 Å². The van der Waals surface area contributed by atoms with Crippen molar-refractivity contribution in [1.82, 2.24) is 5.10 Å². The Morgan fingerprint density at radius 3 is 2.12 bits per heavy atom. The minimum Gasteiger partial charge on any atom is -0.0865 e. The summed E-state index contributed by atoms with van der Waals surface area (Å²) in [4.78, 5) is 0. The quantitative estimate of drug-likeness (QED) is 0.469. The van der Waals surface area contributed by atoms with Crippen molar-refractivity contribution in [3.63, 3.8) is 0 Å². The molecule has 0 fully saturated rings. The topological polar surface area (TPSA) is 16.8 Å². The van der Waals surface area contributed by atoms with Gasteiger partial charge >= 0.3 is 0 Å². The fourth-order valence-corrected chi connectivity index (χ4v) is 3.29. The van der Waals surface area contributed by atoms with Gasteiger partial charge in [0, 0.05) is 6.07 Å². The molecule has 0 bridgehead atoms. The van der Waals surface area contributed by atoms with Crippen molar-refractivity contribution in [2.24, 2.45) is 7.05 Å². The van der Waals surface area contributed by atoms with Crippen LogP contribution in [0.4, 0.5) is 0 Å². The molecule has 0 N–H and O–H groups in total. The molecule has 0 unspecified atom stereocenters. The van der Waals surface area contributed by atoms with Crippen LogP contribution in [0, 0.1) is 6.92 Å². The van der Waals surface area contributed by atoms with E-state index in [0.29, 0.717) is 0 Å². The molecule has 0 aliphatic carbocycles. The molecule has 0 amide bonds. The van der Waals surface area contributed by atoms with Crippen molar-refractivity contribution in [3.05, 3.63) is 96.7 Å². The number of hydrogen-bond donors (Lipinski definition) is 0. The monoisotopic (exact) mass is 337 g/mol. The highest BCUT2D eigenvalue weighted by molar-refractivity contribution is 5.76. The molecule has 126 valence electrons. The third-order valence-electron chi connectivity index (χ3n) is 4.75. The largest absolute Gasteiger partial charge is 0.239 e. The lowest BCUT2D eigenvalue weighted by atomic mass is 9.95. The second-order valence-electron chi connectivity index (χ2n) is 6.51. The maximum absolute atomic E-state index is 4.37. The van der Waals surface area contributed by atoms with Gasteiger partial charge in [0.05, 0.1) is 11.8 Å². The number of hydrogen-bond acceptors (Lipinski definition) is 1. The second kappa shape index (κ2) is 6.93. The van der Waals surface area contributed by atoms with E-state index in [1.165, 1.54) is 33.4 Å². The molecule has 2 nitrogen and oxygen atoms in total. The summed E-state index contributed by atoms with van der Waals surface area (Å²) in [5.74, 6) is 0. The Bertz CT molecular complexity index is 1050. The highest BCUT2D eigenvalue weighted by atomic mass is 15.2. The molecule has 1 aromatic heterocycles. The second-order valence-corrected chi connectivity index (χ2v) is 6.51. The van der Waals surface area contributed by atoms with Crippen LogP contribution in [0.25, 0.3) is 33.5 Å². The average molecular weight is 337 g/mol. The molecule has 0 radical (unpaired) electrons. The fraction of sp³-hybridized carbons (Fsp3) is 0.0833. The summed E-state index contributed by atoms with van der Waals surface area (Å²) in [6, 6.07) is 30.0. The SMILES string of the molecule is Cc1ccc(-c2cccc(-c3ccccc3)c2)cc1-c1cccn[n+]1C. The van der Waals surface area contributed by atoms with E-state index in [4.69, 9.17) is 0 Å². The van der Waals surface area contributed by atoms with Crippen molar-refractivity contribution in [2.45, 2.75) is 6.92 Å². The minimum absolute atomic E-state index is 1.12. The summed E-state index contributed by atoms with van der Waals surface area (Å²) >= 11 is 0. The standard InChI is InChI=1S/C24H21N2/c1-18-13-14-22(17-23(18)24-12-7-15-25-26(24)2)21-11-6-10-20(16-21)19-8-4-3-5-9-19/h3-17H,1-2H3/q+1. The Morgan fingerprint density at radius 2 is 1.35 bits per heavy atom. The Morgan fingerprint density at radius 1 is 0.654 bits per heavy atom. The van der Waals surface area contributed by atoms with Gasteiger partial charge in [0.15, 0.2) is 7.05 Å². The normalized spacial score (nSPS) is 10.7. The lowest BCUT2D eigenvalue weighted by Crippen LogP contribution is -2.35. The number of benzene rings is 3. The van der Waals surface area contributed by atoms with Gasteiger partial charge in [0.2, 0.25) is 5.69 Å². The van der Waals surface area contributed by atoms with Gasteiger partial charge in [-0.05, 0) is 58.0 Å². The zero-order valence-electron chi connectivity index (χ0n) is 15.1. The highest BCUT2D eigenvalue weighted by Gasteiger charge is 2.14. The fourth-order valence-electron chi connectivity index (χ4n) is 3.29. The number of aromatic nitrogens is 2. The summed E-state index contributed by atoms with van der Waals surface area (Å²) in [5, 5.41) is 4.37. The highest BCUT2D eigenvalue weighted by Crippen LogP contribution is 2.30. The first-order chi connectivity index (χ1) is 12.7. The molecule has 0 saturated heterocycles. The Kier molecular flexibility index (Phi) is 4.32. The van der Waals surface area contributed by atoms with Crippen molar-refractivity contribution >= 4 is 0 Å². The van der Waals surface area contributed by atoms with Crippen LogP contribution < -0.4 is 4.68 Å². The first-order valence-corrected chi connectivity index (χ1v) is 8.80. The molecular weight excluding hydrogens is 316 g/mol. The van der Waals surface area contributed by atoms with E-state index in [9.17, 15) is 0 Å². The predicted octanol–water partition coefficient (Wildman–Crippen LogP) is 5.22. The minimum atomic E-state index is 1.12. The van der Waals surface area contributed by atoms with E-state index in [-0.39, 0.29) is 0 Å². The Balaban J connectivity index is 1.80. The summed E-state index contributed by atoms with van der Waals surface area (Å²) in [5.41, 5.74) is 8.48. The van der Waals surface area contributed by atoms with Gasteiger partial charge in [-0.2, -0.15) is 0 Å². The van der Waals surface area contributed by atoms with Crippen LogP contribution in [-0.2, 0) is 7.05 Å². The van der Waals surface area contributed by atoms with Gasteiger partial charge in [-0.15, -0.1) is 0 Å². The lowest BCUT2D eigenvalue weighted by molar-refractivity contribution is -0.720. The molecule has 26 heavy (non-hydrogen) atoms. The summed E-state index contributed by atoms with van der Waals surface area (Å²) in [6.07, 6.45) is 1.81. The zero-order chi connectivity index (χ0) is 17.9. The molecular formula is C24H21N2+. The summed E-state index contributed by atoms with van der Waals surface area (Å²) in [7, 11) is 1.98. The van der Waals surface area contributed by atoms with Gasteiger partial charge in [-0.3, -0.25) is 0 Å². The molecule has 0 aliphatic heterocycles. The van der Waals surface area contributed by atoms with Crippen LogP contribution in [0.5, 0.6) is 0 Å². The first-order valence-electron chi connectivity index (χ1n) is 8.80. The van der Waals surface area contributed by atoms with Crippen LogP contribution in [0.15, 0.2) is 91.1 Å². The molecule has 4 aromatic rings. The van der Waals surface area contributed by atoms with Crippen LogP contribution in [0.3, 0.4) is 0 Å². The van der Waals surface area contributed by atoms with E-state index in [1.807, 2.05) is 30.1 Å². The van der Waals surface area contributed by atoms with Crippen molar-refractivity contribution < 1.29 is 4.68 Å². The molecule has 4 rings (SSSR count). The van der Waals surface area contributed by atoms with Crippen LogP contribution in [0.2, 0.25) is 0 Å². The Labute approximate surface area is 154 Å². The molecule has 1 heterocycles. The van der Waals surface area contributed by atoms with Crippen molar-refractivity contribution in [3.8, 4) is 33.5 Å². The lowest BCUT2D eigenvalue weighted by Gasteiger charge is -2.09. The summed E-state index contributed by atoms with van der Waals surface area (Å²) in [6.45, 7) is 2.15.